The van der Waals surface area contributed by atoms with Gasteiger partial charge in [0.25, 0.3) is 10.0 Å². The SMILES string of the molecule is COc1ccc(NS(=O)(=O)c2cn(-c3ccccc3)nc2-c2cccs2)cc1. The highest BCUT2D eigenvalue weighted by atomic mass is 32.2. The first-order valence-electron chi connectivity index (χ1n) is 8.43. The van der Waals surface area contributed by atoms with Gasteiger partial charge in [-0.15, -0.1) is 11.3 Å². The lowest BCUT2D eigenvalue weighted by Gasteiger charge is -2.08. The Bertz CT molecular complexity index is 1170. The first-order valence-corrected chi connectivity index (χ1v) is 10.8. The molecular weight excluding hydrogens is 394 g/mol. The number of methoxy groups -OCH3 is 1. The Morgan fingerprint density at radius 3 is 2.39 bits per heavy atom. The highest BCUT2D eigenvalue weighted by molar-refractivity contribution is 7.92. The van der Waals surface area contributed by atoms with Crippen molar-refractivity contribution >= 4 is 27.0 Å². The summed E-state index contributed by atoms with van der Waals surface area (Å²) in [5.74, 6) is 0.652. The fourth-order valence-electron chi connectivity index (χ4n) is 2.72. The molecule has 0 unspecified atom stereocenters. The molecule has 0 bridgehead atoms. The number of hydrogen-bond acceptors (Lipinski definition) is 5. The normalized spacial score (nSPS) is 11.3. The third-order valence-electron chi connectivity index (χ3n) is 4.09. The number of rotatable bonds is 6. The number of thiophene rings is 1. The largest absolute Gasteiger partial charge is 0.497 e. The van der Waals surface area contributed by atoms with Gasteiger partial charge in [-0.1, -0.05) is 24.3 Å². The van der Waals surface area contributed by atoms with Crippen LogP contribution >= 0.6 is 11.3 Å². The first-order chi connectivity index (χ1) is 13.6. The van der Waals surface area contributed by atoms with Gasteiger partial charge in [-0.05, 0) is 47.8 Å². The summed E-state index contributed by atoms with van der Waals surface area (Å²) in [6, 6.07) is 19.8. The van der Waals surface area contributed by atoms with E-state index in [9.17, 15) is 8.42 Å². The number of aromatic nitrogens is 2. The second kappa shape index (κ2) is 7.49. The molecule has 0 aliphatic carbocycles. The van der Waals surface area contributed by atoms with Crippen molar-refractivity contribution in [2.24, 2.45) is 0 Å². The Balaban J connectivity index is 1.77. The quantitative estimate of drug-likeness (QED) is 0.510. The zero-order valence-corrected chi connectivity index (χ0v) is 16.6. The predicted octanol–water partition coefficient (Wildman–Crippen LogP) is 4.41. The van der Waals surface area contributed by atoms with Crippen LogP contribution in [0.3, 0.4) is 0 Å². The van der Waals surface area contributed by atoms with Gasteiger partial charge in [-0.25, -0.2) is 13.1 Å². The van der Waals surface area contributed by atoms with E-state index in [0.717, 1.165) is 10.6 Å². The van der Waals surface area contributed by atoms with Gasteiger partial charge in [0.05, 0.1) is 23.9 Å². The van der Waals surface area contributed by atoms with Crippen LogP contribution in [0.25, 0.3) is 16.3 Å². The van der Waals surface area contributed by atoms with Crippen molar-refractivity contribution in [3.8, 4) is 22.0 Å². The number of nitrogens with zero attached hydrogens (tertiary/aromatic N) is 2. The van der Waals surface area contributed by atoms with Crippen molar-refractivity contribution in [1.29, 1.82) is 0 Å². The Labute approximate surface area is 167 Å². The molecule has 1 N–H and O–H groups in total. The number of hydrogen-bond donors (Lipinski definition) is 1. The molecule has 0 spiro atoms. The average molecular weight is 412 g/mol. The van der Waals surface area contributed by atoms with Gasteiger partial charge in [-0.3, -0.25) is 4.72 Å². The van der Waals surface area contributed by atoms with Crippen LogP contribution in [-0.2, 0) is 10.0 Å². The van der Waals surface area contributed by atoms with Crippen LogP contribution in [0, 0.1) is 0 Å². The van der Waals surface area contributed by atoms with E-state index in [2.05, 4.69) is 9.82 Å². The molecule has 0 amide bonds. The van der Waals surface area contributed by atoms with Gasteiger partial charge < -0.3 is 4.74 Å². The number of nitrogens with one attached hydrogen (secondary N) is 1. The van der Waals surface area contributed by atoms with Crippen molar-refractivity contribution in [2.45, 2.75) is 4.90 Å². The van der Waals surface area contributed by atoms with Crippen LogP contribution in [-0.4, -0.2) is 25.3 Å². The lowest BCUT2D eigenvalue weighted by molar-refractivity contribution is 0.415. The molecule has 142 valence electrons. The lowest BCUT2D eigenvalue weighted by atomic mass is 10.3. The lowest BCUT2D eigenvalue weighted by Crippen LogP contribution is -2.13. The van der Waals surface area contributed by atoms with Crippen molar-refractivity contribution in [3.63, 3.8) is 0 Å². The molecule has 0 radical (unpaired) electrons. The Morgan fingerprint density at radius 1 is 1.00 bits per heavy atom. The zero-order valence-electron chi connectivity index (χ0n) is 14.9. The molecule has 4 aromatic rings. The summed E-state index contributed by atoms with van der Waals surface area (Å²) in [7, 11) is -2.28. The van der Waals surface area contributed by atoms with Crippen LogP contribution in [0.5, 0.6) is 5.75 Å². The number of ether oxygens (including phenoxy) is 1. The van der Waals surface area contributed by atoms with Gasteiger partial charge >= 0.3 is 0 Å². The minimum absolute atomic E-state index is 0.120. The third kappa shape index (κ3) is 3.64. The molecule has 2 aromatic carbocycles. The second-order valence-corrected chi connectivity index (χ2v) is 8.53. The van der Waals surface area contributed by atoms with Crippen molar-refractivity contribution < 1.29 is 13.2 Å². The third-order valence-corrected chi connectivity index (χ3v) is 6.35. The van der Waals surface area contributed by atoms with Gasteiger partial charge in [0.1, 0.15) is 16.3 Å². The Morgan fingerprint density at radius 2 is 1.75 bits per heavy atom. The summed E-state index contributed by atoms with van der Waals surface area (Å²) in [6.07, 6.45) is 1.54. The van der Waals surface area contributed by atoms with Gasteiger partial charge in [-0.2, -0.15) is 5.10 Å². The molecule has 2 heterocycles. The summed E-state index contributed by atoms with van der Waals surface area (Å²) in [4.78, 5) is 0.902. The molecule has 0 aliphatic rings. The Hall–Kier alpha value is -3.10. The van der Waals surface area contributed by atoms with Gasteiger partial charge in [0.2, 0.25) is 0 Å². The highest BCUT2D eigenvalue weighted by Crippen LogP contribution is 2.31. The van der Waals surface area contributed by atoms with Crippen LogP contribution < -0.4 is 9.46 Å². The molecule has 0 saturated heterocycles. The summed E-state index contributed by atoms with van der Waals surface area (Å²) in [6.45, 7) is 0. The number of benzene rings is 2. The number of anilines is 1. The van der Waals surface area contributed by atoms with E-state index in [1.54, 1.807) is 36.1 Å². The molecule has 0 saturated carbocycles. The topological polar surface area (TPSA) is 73.2 Å². The van der Waals surface area contributed by atoms with E-state index >= 15 is 0 Å². The fourth-order valence-corrected chi connectivity index (χ4v) is 4.71. The fraction of sp³-hybridized carbons (Fsp3) is 0.0500. The minimum Gasteiger partial charge on any atom is -0.497 e. The maximum atomic E-state index is 13.1. The average Bonchev–Trinajstić information content (AvgIpc) is 3.39. The van der Waals surface area contributed by atoms with E-state index in [0.29, 0.717) is 17.1 Å². The van der Waals surface area contributed by atoms with Crippen LogP contribution in [0.1, 0.15) is 0 Å². The van der Waals surface area contributed by atoms with Crippen molar-refractivity contribution in [1.82, 2.24) is 9.78 Å². The molecule has 0 atom stereocenters. The molecule has 2 aromatic heterocycles. The monoisotopic (exact) mass is 411 g/mol. The predicted molar refractivity (Wildman–Crippen MR) is 111 cm³/mol. The van der Waals surface area contributed by atoms with E-state index < -0.39 is 10.0 Å². The zero-order chi connectivity index (χ0) is 19.6. The minimum atomic E-state index is -3.84. The molecular formula is C20H17N3O3S2. The maximum absolute atomic E-state index is 13.1. The summed E-state index contributed by atoms with van der Waals surface area (Å²) < 4.78 is 35.6. The van der Waals surface area contributed by atoms with Crippen LogP contribution in [0.4, 0.5) is 5.69 Å². The van der Waals surface area contributed by atoms with Crippen molar-refractivity contribution in [3.05, 3.63) is 78.3 Å². The summed E-state index contributed by atoms with van der Waals surface area (Å²) in [5.41, 5.74) is 1.65. The van der Waals surface area contributed by atoms with Crippen LogP contribution in [0.15, 0.2) is 83.2 Å². The number of sulfonamides is 1. The van der Waals surface area contributed by atoms with Crippen LogP contribution in [0.2, 0.25) is 0 Å². The first kappa shape index (κ1) is 18.3. The summed E-state index contributed by atoms with van der Waals surface area (Å²) >= 11 is 1.44. The second-order valence-electron chi connectivity index (χ2n) is 5.93. The molecule has 0 aliphatic heterocycles. The summed E-state index contributed by atoms with van der Waals surface area (Å²) in [5, 5.41) is 6.44. The molecule has 4 rings (SSSR count). The van der Waals surface area contributed by atoms with E-state index in [1.807, 2.05) is 47.8 Å². The smallest absolute Gasteiger partial charge is 0.265 e. The molecule has 6 nitrogen and oxygen atoms in total. The molecule has 0 fully saturated rings. The van der Waals surface area contributed by atoms with E-state index in [4.69, 9.17) is 4.74 Å². The molecule has 8 heteroatoms. The Kier molecular flexibility index (Phi) is 4.89. The van der Waals surface area contributed by atoms with Gasteiger partial charge in [0.15, 0.2) is 0 Å². The standard InChI is InChI=1S/C20H17N3O3S2/c1-26-17-11-9-15(10-12-17)22-28(24,25)19-14-23(16-6-3-2-4-7-16)21-20(19)18-8-5-13-27-18/h2-14,22H,1H3. The van der Waals surface area contributed by atoms with Crippen molar-refractivity contribution in [2.75, 3.05) is 11.8 Å². The van der Waals surface area contributed by atoms with E-state index in [1.165, 1.54) is 17.5 Å². The highest BCUT2D eigenvalue weighted by Gasteiger charge is 2.25. The van der Waals surface area contributed by atoms with Gasteiger partial charge in [0, 0.05) is 5.69 Å². The number of para-hydroxylation sites is 1. The maximum Gasteiger partial charge on any atom is 0.265 e. The van der Waals surface area contributed by atoms with E-state index in [-0.39, 0.29) is 4.90 Å². The molecule has 28 heavy (non-hydrogen) atoms.